The Kier molecular flexibility index (Phi) is 4.87. The molecule has 23 heavy (non-hydrogen) atoms. The quantitative estimate of drug-likeness (QED) is 0.791. The zero-order valence-electron chi connectivity index (χ0n) is 13.8. The van der Waals surface area contributed by atoms with Crippen LogP contribution in [0.1, 0.15) is 64.2 Å². The fraction of sp³-hybridized carbons (Fsp3) is 0.824. The third-order valence-electron chi connectivity index (χ3n) is 5.46. The zero-order valence-corrected chi connectivity index (χ0v) is 13.8. The Morgan fingerprint density at radius 2 is 1.48 bits per heavy atom. The Labute approximate surface area is 137 Å². The molecule has 4 amide bonds. The van der Waals surface area contributed by atoms with E-state index >= 15 is 0 Å². The molecule has 1 aliphatic carbocycles. The molecule has 2 saturated heterocycles. The van der Waals surface area contributed by atoms with Gasteiger partial charge in [0.2, 0.25) is 5.91 Å². The van der Waals surface area contributed by atoms with Gasteiger partial charge in [-0.25, -0.2) is 4.79 Å². The molecule has 3 aliphatic rings. The van der Waals surface area contributed by atoms with Crippen LogP contribution in [0.4, 0.5) is 4.79 Å². The smallest absolute Gasteiger partial charge is 0.325 e. The summed E-state index contributed by atoms with van der Waals surface area (Å²) in [4.78, 5) is 40.4. The topological polar surface area (TPSA) is 69.7 Å². The number of nitrogens with zero attached hydrogens (tertiary/aromatic N) is 2. The molecule has 0 unspecified atom stereocenters. The number of urea groups is 1. The van der Waals surface area contributed by atoms with Crippen molar-refractivity contribution in [1.82, 2.24) is 15.1 Å². The van der Waals surface area contributed by atoms with E-state index < -0.39 is 11.6 Å². The molecule has 0 aromatic rings. The van der Waals surface area contributed by atoms with Crippen LogP contribution in [0.2, 0.25) is 0 Å². The summed E-state index contributed by atoms with van der Waals surface area (Å²) in [5.74, 6) is -0.286. The van der Waals surface area contributed by atoms with Crippen LogP contribution < -0.4 is 5.32 Å². The zero-order chi connectivity index (χ0) is 16.3. The Morgan fingerprint density at radius 1 is 0.913 bits per heavy atom. The third-order valence-corrected chi connectivity index (χ3v) is 5.46. The van der Waals surface area contributed by atoms with E-state index in [4.69, 9.17) is 0 Å². The monoisotopic (exact) mass is 321 g/mol. The van der Waals surface area contributed by atoms with Crippen LogP contribution in [0.15, 0.2) is 0 Å². The predicted molar refractivity (Wildman–Crippen MR) is 85.7 cm³/mol. The molecule has 3 fully saturated rings. The summed E-state index contributed by atoms with van der Waals surface area (Å²) < 4.78 is 0. The molecule has 128 valence electrons. The summed E-state index contributed by atoms with van der Waals surface area (Å²) >= 11 is 0. The fourth-order valence-electron chi connectivity index (χ4n) is 4.05. The van der Waals surface area contributed by atoms with Crippen molar-refractivity contribution in [3.05, 3.63) is 0 Å². The maximum atomic E-state index is 12.7. The molecular formula is C17H27N3O3. The van der Waals surface area contributed by atoms with Crippen molar-refractivity contribution < 1.29 is 14.4 Å². The molecule has 1 saturated carbocycles. The van der Waals surface area contributed by atoms with Crippen molar-refractivity contribution >= 4 is 17.8 Å². The summed E-state index contributed by atoms with van der Waals surface area (Å²) in [6, 6.07) is -0.391. The SMILES string of the molecule is O=C(CN1C(=O)NC2(CCCCC2)C1=O)N1CCCCCCC1. The number of nitrogens with one attached hydrogen (secondary N) is 1. The number of carbonyl (C=O) groups excluding carboxylic acids is 3. The van der Waals surface area contributed by atoms with Gasteiger partial charge >= 0.3 is 6.03 Å². The molecule has 0 atom stereocenters. The van der Waals surface area contributed by atoms with Crippen LogP contribution in [0, 0.1) is 0 Å². The molecule has 0 radical (unpaired) electrons. The lowest BCUT2D eigenvalue weighted by atomic mass is 9.82. The maximum absolute atomic E-state index is 12.7. The molecule has 3 rings (SSSR count). The van der Waals surface area contributed by atoms with Gasteiger partial charge in [-0.2, -0.15) is 0 Å². The van der Waals surface area contributed by atoms with Crippen LogP contribution in [0.3, 0.4) is 0 Å². The van der Waals surface area contributed by atoms with Gasteiger partial charge in [0.15, 0.2) is 0 Å². The van der Waals surface area contributed by atoms with Gasteiger partial charge in [-0.3, -0.25) is 14.5 Å². The highest BCUT2D eigenvalue weighted by Crippen LogP contribution is 2.33. The van der Waals surface area contributed by atoms with E-state index in [0.29, 0.717) is 12.8 Å². The fourth-order valence-corrected chi connectivity index (χ4v) is 4.05. The molecular weight excluding hydrogens is 294 g/mol. The van der Waals surface area contributed by atoms with Crippen LogP contribution in [-0.4, -0.2) is 52.8 Å². The highest BCUT2D eigenvalue weighted by Gasteiger charge is 2.51. The average molecular weight is 321 g/mol. The summed E-state index contributed by atoms with van der Waals surface area (Å²) in [6.45, 7) is 1.38. The van der Waals surface area contributed by atoms with E-state index in [1.54, 1.807) is 0 Å². The lowest BCUT2D eigenvalue weighted by Gasteiger charge is -2.30. The molecule has 2 aliphatic heterocycles. The normalized spacial score (nSPS) is 25.2. The van der Waals surface area contributed by atoms with Crippen LogP contribution in [0.25, 0.3) is 0 Å². The van der Waals surface area contributed by atoms with Crippen molar-refractivity contribution in [1.29, 1.82) is 0 Å². The van der Waals surface area contributed by atoms with Crippen molar-refractivity contribution in [3.8, 4) is 0 Å². The van der Waals surface area contributed by atoms with Crippen molar-refractivity contribution in [2.45, 2.75) is 69.7 Å². The molecule has 1 N–H and O–H groups in total. The van der Waals surface area contributed by atoms with Gasteiger partial charge < -0.3 is 10.2 Å². The van der Waals surface area contributed by atoms with Gasteiger partial charge in [-0.15, -0.1) is 0 Å². The number of hydrogen-bond acceptors (Lipinski definition) is 3. The Hall–Kier alpha value is -1.59. The molecule has 1 spiro atoms. The molecule has 0 bridgehead atoms. The first-order valence-corrected chi connectivity index (χ1v) is 9.04. The van der Waals surface area contributed by atoms with E-state index in [1.165, 1.54) is 6.42 Å². The minimum Gasteiger partial charge on any atom is -0.341 e. The highest BCUT2D eigenvalue weighted by molar-refractivity contribution is 6.09. The van der Waals surface area contributed by atoms with Crippen LogP contribution in [0.5, 0.6) is 0 Å². The van der Waals surface area contributed by atoms with E-state index in [0.717, 1.165) is 62.9 Å². The second kappa shape index (κ2) is 6.89. The summed E-state index contributed by atoms with van der Waals surface area (Å²) in [6.07, 6.45) is 9.98. The molecule has 6 nitrogen and oxygen atoms in total. The highest BCUT2D eigenvalue weighted by atomic mass is 16.2. The Balaban J connectivity index is 1.63. The molecule has 2 heterocycles. The van der Waals surface area contributed by atoms with E-state index in [-0.39, 0.29) is 18.4 Å². The van der Waals surface area contributed by atoms with Crippen molar-refractivity contribution in [2.75, 3.05) is 19.6 Å². The lowest BCUT2D eigenvalue weighted by Crippen LogP contribution is -2.49. The van der Waals surface area contributed by atoms with Gasteiger partial charge in [-0.05, 0) is 25.7 Å². The lowest BCUT2D eigenvalue weighted by molar-refractivity contribution is -0.139. The first-order chi connectivity index (χ1) is 11.1. The van der Waals surface area contributed by atoms with Gasteiger partial charge in [0.1, 0.15) is 12.1 Å². The van der Waals surface area contributed by atoms with E-state index in [1.807, 2.05) is 4.90 Å². The van der Waals surface area contributed by atoms with Crippen molar-refractivity contribution in [3.63, 3.8) is 0 Å². The second-order valence-electron chi connectivity index (χ2n) is 7.11. The average Bonchev–Trinajstić information content (AvgIpc) is 2.72. The summed E-state index contributed by atoms with van der Waals surface area (Å²) in [5.41, 5.74) is -0.730. The number of likely N-dealkylation sites (tertiary alicyclic amines) is 1. The number of amides is 4. The van der Waals surface area contributed by atoms with E-state index in [9.17, 15) is 14.4 Å². The second-order valence-corrected chi connectivity index (χ2v) is 7.11. The van der Waals surface area contributed by atoms with Gasteiger partial charge in [0, 0.05) is 13.1 Å². The number of carbonyl (C=O) groups is 3. The Bertz CT molecular complexity index is 477. The van der Waals surface area contributed by atoms with E-state index in [2.05, 4.69) is 5.32 Å². The first-order valence-electron chi connectivity index (χ1n) is 9.04. The minimum absolute atomic E-state index is 0.0942. The standard InChI is InChI=1S/C17H27N3O3/c21-14(19-11-7-2-1-3-8-12-19)13-20-15(22)17(18-16(20)23)9-5-4-6-10-17/h1-13H2,(H,18,23). The summed E-state index contributed by atoms with van der Waals surface area (Å²) in [7, 11) is 0. The van der Waals surface area contributed by atoms with Crippen LogP contribution >= 0.6 is 0 Å². The Morgan fingerprint density at radius 3 is 2.13 bits per heavy atom. The first kappa shape index (κ1) is 16.3. The number of imide groups is 1. The molecule has 6 heteroatoms. The predicted octanol–water partition coefficient (Wildman–Crippen LogP) is 2.03. The maximum Gasteiger partial charge on any atom is 0.325 e. The summed E-state index contributed by atoms with van der Waals surface area (Å²) in [5, 5.41) is 2.87. The third kappa shape index (κ3) is 3.35. The van der Waals surface area contributed by atoms with Crippen molar-refractivity contribution in [2.24, 2.45) is 0 Å². The minimum atomic E-state index is -0.730. The van der Waals surface area contributed by atoms with Crippen LogP contribution in [-0.2, 0) is 9.59 Å². The van der Waals surface area contributed by atoms with Gasteiger partial charge in [0.05, 0.1) is 0 Å². The number of hydrogen-bond donors (Lipinski definition) is 1. The van der Waals surface area contributed by atoms with Gasteiger partial charge in [-0.1, -0.05) is 38.5 Å². The number of rotatable bonds is 2. The molecule has 0 aromatic heterocycles. The van der Waals surface area contributed by atoms with Gasteiger partial charge in [0.25, 0.3) is 5.91 Å². The largest absolute Gasteiger partial charge is 0.341 e. The molecule has 0 aromatic carbocycles.